The molecule has 4 heteroatoms. The van der Waals surface area contributed by atoms with Crippen molar-refractivity contribution in [1.82, 2.24) is 19.9 Å². The van der Waals surface area contributed by atoms with Crippen LogP contribution < -0.4 is 0 Å². The van der Waals surface area contributed by atoms with Gasteiger partial charge in [-0.1, -0.05) is 0 Å². The molecule has 0 radical (unpaired) electrons. The lowest BCUT2D eigenvalue weighted by molar-refractivity contribution is 0.927. The molecule has 0 unspecified atom stereocenters. The molecule has 0 fully saturated rings. The lowest BCUT2D eigenvalue weighted by atomic mass is 10.3. The Labute approximate surface area is 82.1 Å². The Kier molecular flexibility index (Phi) is 2.18. The van der Waals surface area contributed by atoms with Gasteiger partial charge < -0.3 is 0 Å². The van der Waals surface area contributed by atoms with Crippen molar-refractivity contribution in [2.24, 2.45) is 0 Å². The van der Waals surface area contributed by atoms with Crippen LogP contribution in [0.5, 0.6) is 0 Å². The standard InChI is InChI=1S/C10H10N4/c1-7-12-8(2)14-10(13-7)9-4-3-5-11-6-9/h3-6H,1-2H3. The van der Waals surface area contributed by atoms with Crippen molar-refractivity contribution in [1.29, 1.82) is 0 Å². The average molecular weight is 186 g/mol. The first-order valence-electron chi connectivity index (χ1n) is 4.35. The van der Waals surface area contributed by atoms with E-state index in [0.29, 0.717) is 5.82 Å². The zero-order valence-corrected chi connectivity index (χ0v) is 8.10. The molecule has 0 aliphatic rings. The highest BCUT2D eigenvalue weighted by atomic mass is 15.0. The Bertz CT molecular complexity index is 419. The molecule has 0 atom stereocenters. The number of hydrogen-bond donors (Lipinski definition) is 0. The third-order valence-electron chi connectivity index (χ3n) is 1.78. The molecule has 2 heterocycles. The topological polar surface area (TPSA) is 51.6 Å². The highest BCUT2D eigenvalue weighted by molar-refractivity contribution is 5.52. The molecule has 0 amide bonds. The molecule has 4 nitrogen and oxygen atoms in total. The molecule has 0 bridgehead atoms. The number of rotatable bonds is 1. The summed E-state index contributed by atoms with van der Waals surface area (Å²) in [5.74, 6) is 2.15. The summed E-state index contributed by atoms with van der Waals surface area (Å²) < 4.78 is 0. The summed E-state index contributed by atoms with van der Waals surface area (Å²) in [5, 5.41) is 0. The predicted molar refractivity (Wildman–Crippen MR) is 52.5 cm³/mol. The quantitative estimate of drug-likeness (QED) is 0.678. The normalized spacial score (nSPS) is 10.1. The summed E-state index contributed by atoms with van der Waals surface area (Å²) in [5.41, 5.74) is 0.918. The van der Waals surface area contributed by atoms with E-state index >= 15 is 0 Å². The van der Waals surface area contributed by atoms with Crippen molar-refractivity contribution in [3.05, 3.63) is 36.2 Å². The van der Waals surface area contributed by atoms with Gasteiger partial charge in [-0.3, -0.25) is 4.98 Å². The van der Waals surface area contributed by atoms with Crippen molar-refractivity contribution in [3.63, 3.8) is 0 Å². The second-order valence-corrected chi connectivity index (χ2v) is 3.00. The number of aryl methyl sites for hydroxylation is 2. The first kappa shape index (κ1) is 8.74. The van der Waals surface area contributed by atoms with Crippen LogP contribution in [0.3, 0.4) is 0 Å². The molecule has 0 spiro atoms. The van der Waals surface area contributed by atoms with Crippen molar-refractivity contribution in [3.8, 4) is 11.4 Å². The maximum atomic E-state index is 4.24. The van der Waals surface area contributed by atoms with Crippen LogP contribution in [0.1, 0.15) is 11.6 Å². The lowest BCUT2D eigenvalue weighted by Gasteiger charge is -2.00. The van der Waals surface area contributed by atoms with Crippen molar-refractivity contribution < 1.29 is 0 Å². The Hall–Kier alpha value is -1.84. The van der Waals surface area contributed by atoms with Gasteiger partial charge in [0.15, 0.2) is 5.82 Å². The van der Waals surface area contributed by atoms with E-state index in [4.69, 9.17) is 0 Å². The minimum atomic E-state index is 0.683. The van der Waals surface area contributed by atoms with Gasteiger partial charge in [-0.2, -0.15) is 0 Å². The SMILES string of the molecule is Cc1nc(C)nc(-c2cccnc2)n1. The highest BCUT2D eigenvalue weighted by Crippen LogP contribution is 2.11. The molecule has 0 aliphatic carbocycles. The van der Waals surface area contributed by atoms with Gasteiger partial charge in [-0.05, 0) is 26.0 Å². The largest absolute Gasteiger partial charge is 0.264 e. The molecule has 0 N–H and O–H groups in total. The molecule has 70 valence electrons. The van der Waals surface area contributed by atoms with Crippen LogP contribution in [0.2, 0.25) is 0 Å². The van der Waals surface area contributed by atoms with Crippen molar-refractivity contribution in [2.45, 2.75) is 13.8 Å². The molecule has 0 aliphatic heterocycles. The first-order chi connectivity index (χ1) is 6.75. The van der Waals surface area contributed by atoms with E-state index in [1.807, 2.05) is 26.0 Å². The highest BCUT2D eigenvalue weighted by Gasteiger charge is 2.02. The van der Waals surface area contributed by atoms with Crippen LogP contribution in [0, 0.1) is 13.8 Å². The Morgan fingerprint density at radius 3 is 2.29 bits per heavy atom. The second kappa shape index (κ2) is 3.49. The van der Waals surface area contributed by atoms with Crippen LogP contribution in [-0.2, 0) is 0 Å². The van der Waals surface area contributed by atoms with Gasteiger partial charge in [0, 0.05) is 18.0 Å². The number of hydrogen-bond acceptors (Lipinski definition) is 4. The molecular formula is C10H10N4. The predicted octanol–water partition coefficient (Wildman–Crippen LogP) is 1.55. The van der Waals surface area contributed by atoms with E-state index in [2.05, 4.69) is 19.9 Å². The molecule has 0 aromatic carbocycles. The van der Waals surface area contributed by atoms with Gasteiger partial charge in [0.2, 0.25) is 0 Å². The van der Waals surface area contributed by atoms with Crippen molar-refractivity contribution in [2.75, 3.05) is 0 Å². The molecule has 2 rings (SSSR count). The van der Waals surface area contributed by atoms with Gasteiger partial charge in [0.25, 0.3) is 0 Å². The maximum Gasteiger partial charge on any atom is 0.164 e. The Balaban J connectivity index is 2.52. The third kappa shape index (κ3) is 1.74. The van der Waals surface area contributed by atoms with E-state index in [9.17, 15) is 0 Å². The summed E-state index contributed by atoms with van der Waals surface area (Å²) in [6.45, 7) is 3.71. The fraction of sp³-hybridized carbons (Fsp3) is 0.200. The molecule has 0 saturated carbocycles. The maximum absolute atomic E-state index is 4.24. The monoisotopic (exact) mass is 186 g/mol. The van der Waals surface area contributed by atoms with Crippen LogP contribution >= 0.6 is 0 Å². The molecule has 2 aromatic rings. The van der Waals surface area contributed by atoms with Gasteiger partial charge in [-0.25, -0.2) is 15.0 Å². The van der Waals surface area contributed by atoms with E-state index < -0.39 is 0 Å². The fourth-order valence-electron chi connectivity index (χ4n) is 1.24. The lowest BCUT2D eigenvalue weighted by Crippen LogP contribution is -1.98. The van der Waals surface area contributed by atoms with E-state index in [1.54, 1.807) is 12.4 Å². The summed E-state index contributed by atoms with van der Waals surface area (Å²) in [6.07, 6.45) is 3.47. The fourth-order valence-corrected chi connectivity index (χ4v) is 1.24. The van der Waals surface area contributed by atoms with E-state index in [-0.39, 0.29) is 0 Å². The molecule has 2 aromatic heterocycles. The number of nitrogens with zero attached hydrogens (tertiary/aromatic N) is 4. The summed E-state index contributed by atoms with van der Waals surface area (Å²) in [4.78, 5) is 16.6. The van der Waals surface area contributed by atoms with Crippen LogP contribution in [0.15, 0.2) is 24.5 Å². The van der Waals surface area contributed by atoms with Crippen LogP contribution in [-0.4, -0.2) is 19.9 Å². The zero-order valence-electron chi connectivity index (χ0n) is 8.10. The van der Waals surface area contributed by atoms with Gasteiger partial charge >= 0.3 is 0 Å². The minimum absolute atomic E-state index is 0.683. The zero-order chi connectivity index (χ0) is 9.97. The number of pyridine rings is 1. The van der Waals surface area contributed by atoms with Gasteiger partial charge in [0.05, 0.1) is 0 Å². The number of aromatic nitrogens is 4. The van der Waals surface area contributed by atoms with Gasteiger partial charge in [-0.15, -0.1) is 0 Å². The third-order valence-corrected chi connectivity index (χ3v) is 1.78. The summed E-state index contributed by atoms with van der Waals surface area (Å²) in [7, 11) is 0. The molecular weight excluding hydrogens is 176 g/mol. The van der Waals surface area contributed by atoms with Crippen LogP contribution in [0.25, 0.3) is 11.4 Å². The second-order valence-electron chi connectivity index (χ2n) is 3.00. The average Bonchev–Trinajstić information content (AvgIpc) is 2.18. The smallest absolute Gasteiger partial charge is 0.164 e. The summed E-state index contributed by atoms with van der Waals surface area (Å²) in [6, 6.07) is 3.80. The van der Waals surface area contributed by atoms with E-state index in [1.165, 1.54) is 0 Å². The van der Waals surface area contributed by atoms with Crippen LogP contribution in [0.4, 0.5) is 0 Å². The molecule has 0 saturated heterocycles. The first-order valence-corrected chi connectivity index (χ1v) is 4.35. The Morgan fingerprint density at radius 1 is 1.00 bits per heavy atom. The summed E-state index contributed by atoms with van der Waals surface area (Å²) >= 11 is 0. The Morgan fingerprint density at radius 2 is 1.71 bits per heavy atom. The minimum Gasteiger partial charge on any atom is -0.264 e. The van der Waals surface area contributed by atoms with E-state index in [0.717, 1.165) is 17.2 Å². The molecule has 14 heavy (non-hydrogen) atoms. The van der Waals surface area contributed by atoms with Crippen molar-refractivity contribution >= 4 is 0 Å². The van der Waals surface area contributed by atoms with Gasteiger partial charge in [0.1, 0.15) is 11.6 Å².